The van der Waals surface area contributed by atoms with Crippen LogP contribution in [0, 0.1) is 0 Å². The smallest absolute Gasteiger partial charge is 0.146 e. The Balaban J connectivity index is 2.19. The van der Waals surface area contributed by atoms with Crippen LogP contribution < -0.4 is 5.32 Å². The van der Waals surface area contributed by atoms with E-state index in [9.17, 15) is 5.11 Å². The molecular weight excluding hydrogens is 220 g/mol. The molecule has 1 atom stereocenters. The fourth-order valence-electron chi connectivity index (χ4n) is 1.39. The largest absolute Gasteiger partial charge is 0.389 e. The Morgan fingerprint density at radius 2 is 2.29 bits per heavy atom. The standard InChI is InChI=1S/C11H22N4O2/c1-4-15-8-13-14-11(15)6-12-5-10(16)7-17-9(2)3/h8-10,12,16H,4-7H2,1-3H3. The third kappa shape index (κ3) is 5.25. The van der Waals surface area contributed by atoms with Crippen molar-refractivity contribution in [2.45, 2.75) is 46.1 Å². The van der Waals surface area contributed by atoms with Gasteiger partial charge in [-0.05, 0) is 20.8 Å². The lowest BCUT2D eigenvalue weighted by atomic mass is 10.3. The van der Waals surface area contributed by atoms with Gasteiger partial charge in [0, 0.05) is 13.1 Å². The van der Waals surface area contributed by atoms with Crippen LogP contribution in [0.1, 0.15) is 26.6 Å². The number of aliphatic hydroxyl groups is 1. The lowest BCUT2D eigenvalue weighted by Gasteiger charge is -2.14. The molecule has 0 radical (unpaired) electrons. The summed E-state index contributed by atoms with van der Waals surface area (Å²) >= 11 is 0. The minimum atomic E-state index is -0.490. The van der Waals surface area contributed by atoms with Gasteiger partial charge in [-0.1, -0.05) is 0 Å². The van der Waals surface area contributed by atoms with Crippen molar-refractivity contribution in [3.05, 3.63) is 12.2 Å². The SMILES string of the molecule is CCn1cnnc1CNCC(O)COC(C)C. The van der Waals surface area contributed by atoms with E-state index in [1.54, 1.807) is 6.33 Å². The van der Waals surface area contributed by atoms with Gasteiger partial charge in [0.15, 0.2) is 0 Å². The fourth-order valence-corrected chi connectivity index (χ4v) is 1.39. The number of aryl methyl sites for hydroxylation is 1. The zero-order valence-electron chi connectivity index (χ0n) is 10.8. The zero-order valence-corrected chi connectivity index (χ0v) is 10.8. The van der Waals surface area contributed by atoms with Crippen molar-refractivity contribution >= 4 is 0 Å². The first-order valence-electron chi connectivity index (χ1n) is 6.00. The van der Waals surface area contributed by atoms with Gasteiger partial charge in [-0.3, -0.25) is 0 Å². The Kier molecular flexibility index (Phi) is 6.10. The normalized spacial score (nSPS) is 13.2. The second kappa shape index (κ2) is 7.37. The molecule has 1 aromatic heterocycles. The highest BCUT2D eigenvalue weighted by Gasteiger charge is 2.07. The maximum Gasteiger partial charge on any atom is 0.146 e. The molecule has 0 amide bonds. The predicted molar refractivity (Wildman–Crippen MR) is 64.5 cm³/mol. The summed E-state index contributed by atoms with van der Waals surface area (Å²) in [6.45, 7) is 8.23. The Morgan fingerprint density at radius 3 is 2.94 bits per heavy atom. The lowest BCUT2D eigenvalue weighted by Crippen LogP contribution is -2.31. The van der Waals surface area contributed by atoms with Crippen LogP contribution in [0.2, 0.25) is 0 Å². The van der Waals surface area contributed by atoms with Crippen molar-refractivity contribution in [1.29, 1.82) is 0 Å². The number of aromatic nitrogens is 3. The summed E-state index contributed by atoms with van der Waals surface area (Å²) in [4.78, 5) is 0. The number of hydrogen-bond donors (Lipinski definition) is 2. The van der Waals surface area contributed by atoms with E-state index >= 15 is 0 Å². The molecule has 0 aromatic carbocycles. The number of nitrogens with one attached hydrogen (secondary N) is 1. The second-order valence-electron chi connectivity index (χ2n) is 4.20. The molecule has 0 fully saturated rings. The molecule has 0 aliphatic rings. The molecule has 1 aromatic rings. The number of ether oxygens (including phenoxy) is 1. The Morgan fingerprint density at radius 1 is 1.53 bits per heavy atom. The molecule has 6 nitrogen and oxygen atoms in total. The minimum Gasteiger partial charge on any atom is -0.389 e. The zero-order chi connectivity index (χ0) is 12.7. The third-order valence-electron chi connectivity index (χ3n) is 2.32. The van der Waals surface area contributed by atoms with Crippen LogP contribution in [0.25, 0.3) is 0 Å². The summed E-state index contributed by atoms with van der Waals surface area (Å²) in [7, 11) is 0. The molecule has 0 aliphatic heterocycles. The average molecular weight is 242 g/mol. The van der Waals surface area contributed by atoms with Crippen LogP contribution in [0.15, 0.2) is 6.33 Å². The van der Waals surface area contributed by atoms with E-state index in [4.69, 9.17) is 4.74 Å². The van der Waals surface area contributed by atoms with Crippen molar-refractivity contribution in [3.63, 3.8) is 0 Å². The molecule has 1 heterocycles. The van der Waals surface area contributed by atoms with E-state index in [-0.39, 0.29) is 6.10 Å². The average Bonchev–Trinajstić information content (AvgIpc) is 2.74. The first-order valence-corrected chi connectivity index (χ1v) is 6.00. The van der Waals surface area contributed by atoms with Crippen LogP contribution in [-0.4, -0.2) is 45.2 Å². The summed E-state index contributed by atoms with van der Waals surface area (Å²) < 4.78 is 7.28. The number of nitrogens with zero attached hydrogens (tertiary/aromatic N) is 3. The summed E-state index contributed by atoms with van der Waals surface area (Å²) in [6.07, 6.45) is 1.36. The van der Waals surface area contributed by atoms with Gasteiger partial charge in [0.2, 0.25) is 0 Å². The number of aliphatic hydroxyl groups excluding tert-OH is 1. The molecule has 0 spiro atoms. The Hall–Kier alpha value is -0.980. The quantitative estimate of drug-likeness (QED) is 0.680. The molecular formula is C11H22N4O2. The first kappa shape index (κ1) is 14.1. The molecule has 0 saturated heterocycles. The second-order valence-corrected chi connectivity index (χ2v) is 4.20. The highest BCUT2D eigenvalue weighted by Crippen LogP contribution is 1.95. The van der Waals surface area contributed by atoms with E-state index in [0.29, 0.717) is 19.7 Å². The van der Waals surface area contributed by atoms with Crippen LogP contribution in [0.3, 0.4) is 0 Å². The van der Waals surface area contributed by atoms with Crippen LogP contribution >= 0.6 is 0 Å². The molecule has 0 bridgehead atoms. The number of rotatable bonds is 8. The highest BCUT2D eigenvalue weighted by molar-refractivity contribution is 4.84. The molecule has 17 heavy (non-hydrogen) atoms. The summed E-state index contributed by atoms with van der Waals surface area (Å²) in [5, 5.41) is 20.6. The Labute approximate surface area is 102 Å². The number of hydrogen-bond acceptors (Lipinski definition) is 5. The maximum atomic E-state index is 9.62. The monoisotopic (exact) mass is 242 g/mol. The van der Waals surface area contributed by atoms with Gasteiger partial charge in [-0.15, -0.1) is 10.2 Å². The maximum absolute atomic E-state index is 9.62. The lowest BCUT2D eigenvalue weighted by molar-refractivity contribution is 0.00622. The van der Waals surface area contributed by atoms with Gasteiger partial charge in [-0.25, -0.2) is 0 Å². The van der Waals surface area contributed by atoms with Crippen molar-refractivity contribution < 1.29 is 9.84 Å². The van der Waals surface area contributed by atoms with Gasteiger partial charge >= 0.3 is 0 Å². The molecule has 98 valence electrons. The molecule has 1 rings (SSSR count). The molecule has 1 unspecified atom stereocenters. The van der Waals surface area contributed by atoms with Crippen molar-refractivity contribution in [1.82, 2.24) is 20.1 Å². The van der Waals surface area contributed by atoms with Crippen LogP contribution in [0.5, 0.6) is 0 Å². The molecule has 6 heteroatoms. The first-order chi connectivity index (χ1) is 8.13. The third-order valence-corrected chi connectivity index (χ3v) is 2.32. The topological polar surface area (TPSA) is 72.2 Å². The fraction of sp³-hybridized carbons (Fsp3) is 0.818. The molecule has 0 saturated carbocycles. The molecule has 2 N–H and O–H groups in total. The van der Waals surface area contributed by atoms with E-state index < -0.39 is 6.10 Å². The van der Waals surface area contributed by atoms with E-state index in [1.807, 2.05) is 25.3 Å². The predicted octanol–water partition coefficient (Wildman–Crippen LogP) is 0.173. The van der Waals surface area contributed by atoms with Crippen LogP contribution in [-0.2, 0) is 17.8 Å². The van der Waals surface area contributed by atoms with Gasteiger partial charge in [0.05, 0.1) is 25.4 Å². The minimum absolute atomic E-state index is 0.146. The van der Waals surface area contributed by atoms with Crippen molar-refractivity contribution in [3.8, 4) is 0 Å². The van der Waals surface area contributed by atoms with Crippen molar-refractivity contribution in [2.75, 3.05) is 13.2 Å². The van der Waals surface area contributed by atoms with Gasteiger partial charge in [0.1, 0.15) is 12.2 Å². The summed E-state index contributed by atoms with van der Waals surface area (Å²) in [5.41, 5.74) is 0. The van der Waals surface area contributed by atoms with E-state index in [0.717, 1.165) is 12.4 Å². The van der Waals surface area contributed by atoms with Gasteiger partial charge < -0.3 is 19.7 Å². The highest BCUT2D eigenvalue weighted by atomic mass is 16.5. The van der Waals surface area contributed by atoms with Gasteiger partial charge in [0.25, 0.3) is 0 Å². The van der Waals surface area contributed by atoms with Gasteiger partial charge in [-0.2, -0.15) is 0 Å². The Bertz CT molecular complexity index is 314. The molecule has 0 aliphatic carbocycles. The summed E-state index contributed by atoms with van der Waals surface area (Å²) in [5.74, 6) is 0.879. The summed E-state index contributed by atoms with van der Waals surface area (Å²) in [6, 6.07) is 0. The van der Waals surface area contributed by atoms with E-state index in [1.165, 1.54) is 0 Å². The van der Waals surface area contributed by atoms with Crippen molar-refractivity contribution in [2.24, 2.45) is 0 Å². The van der Waals surface area contributed by atoms with E-state index in [2.05, 4.69) is 15.5 Å². The van der Waals surface area contributed by atoms with Crippen LogP contribution in [0.4, 0.5) is 0 Å².